The molecule has 0 atom stereocenters. The van der Waals surface area contributed by atoms with E-state index in [1.54, 1.807) is 0 Å². The molecule has 1 aromatic heterocycles. The first kappa shape index (κ1) is 20.1. The summed E-state index contributed by atoms with van der Waals surface area (Å²) in [6.45, 7) is 5.22. The Morgan fingerprint density at radius 1 is 1.03 bits per heavy atom. The largest absolute Gasteiger partial charge is 0.445 e. The van der Waals surface area contributed by atoms with Crippen LogP contribution in [0.2, 0.25) is 0 Å². The van der Waals surface area contributed by atoms with Gasteiger partial charge in [-0.25, -0.2) is 9.78 Å². The van der Waals surface area contributed by atoms with Gasteiger partial charge in [-0.05, 0) is 30.5 Å². The Hall–Kier alpha value is -3.61. The van der Waals surface area contributed by atoms with E-state index in [9.17, 15) is 4.79 Å². The summed E-state index contributed by atoms with van der Waals surface area (Å²) in [6, 6.07) is 17.5. The number of hydrogen-bond acceptors (Lipinski definition) is 6. The molecule has 0 bridgehead atoms. The van der Waals surface area contributed by atoms with Crippen LogP contribution >= 0.6 is 0 Å². The predicted octanol–water partition coefficient (Wildman–Crippen LogP) is 3.68. The van der Waals surface area contributed by atoms with Crippen molar-refractivity contribution in [2.45, 2.75) is 20.5 Å². The number of nitrogens with two attached hydrogens (primary N) is 1. The van der Waals surface area contributed by atoms with Crippen molar-refractivity contribution in [2.24, 2.45) is 0 Å². The smallest absolute Gasteiger partial charge is 0.407 e. The van der Waals surface area contributed by atoms with Gasteiger partial charge in [0.2, 0.25) is 5.95 Å². The zero-order chi connectivity index (χ0) is 20.6. The highest BCUT2D eigenvalue weighted by atomic mass is 16.5. The van der Waals surface area contributed by atoms with Gasteiger partial charge in [-0.2, -0.15) is 4.98 Å². The molecule has 3 rings (SSSR count). The third-order valence-corrected chi connectivity index (χ3v) is 4.54. The first-order chi connectivity index (χ1) is 14.0. The van der Waals surface area contributed by atoms with E-state index in [0.717, 1.165) is 22.4 Å². The topological polar surface area (TPSA) is 102 Å². The van der Waals surface area contributed by atoms with Crippen molar-refractivity contribution in [3.63, 3.8) is 0 Å². The highest BCUT2D eigenvalue weighted by Gasteiger charge is 2.09. The Kier molecular flexibility index (Phi) is 6.63. The van der Waals surface area contributed by atoms with Gasteiger partial charge in [0.1, 0.15) is 12.4 Å². The maximum Gasteiger partial charge on any atom is 0.407 e. The van der Waals surface area contributed by atoms with Gasteiger partial charge in [-0.1, -0.05) is 48.5 Å². The zero-order valence-electron chi connectivity index (χ0n) is 16.6. The molecule has 0 radical (unpaired) electrons. The van der Waals surface area contributed by atoms with E-state index in [1.165, 1.54) is 5.56 Å². The first-order valence-electron chi connectivity index (χ1n) is 9.42. The quantitative estimate of drug-likeness (QED) is 0.531. The molecule has 0 aliphatic carbocycles. The molecule has 0 saturated heterocycles. The molecule has 29 heavy (non-hydrogen) atoms. The molecule has 4 N–H and O–H groups in total. The van der Waals surface area contributed by atoms with Crippen molar-refractivity contribution in [2.75, 3.05) is 24.1 Å². The Morgan fingerprint density at radius 2 is 1.83 bits per heavy atom. The summed E-state index contributed by atoms with van der Waals surface area (Å²) in [5.74, 6) is 0.800. The van der Waals surface area contributed by atoms with Crippen molar-refractivity contribution in [1.82, 2.24) is 15.3 Å². The van der Waals surface area contributed by atoms with Gasteiger partial charge in [-0.3, -0.25) is 0 Å². The number of hydrogen-bond donors (Lipinski definition) is 3. The molecule has 0 aliphatic heterocycles. The number of aromatic nitrogens is 2. The van der Waals surface area contributed by atoms with Crippen molar-refractivity contribution in [1.29, 1.82) is 0 Å². The fraction of sp³-hybridized carbons (Fsp3) is 0.227. The lowest BCUT2D eigenvalue weighted by Gasteiger charge is -2.12. The van der Waals surface area contributed by atoms with E-state index in [-0.39, 0.29) is 12.6 Å². The Balaban J connectivity index is 1.51. The summed E-state index contributed by atoms with van der Waals surface area (Å²) >= 11 is 0. The van der Waals surface area contributed by atoms with E-state index in [2.05, 4.69) is 40.5 Å². The second-order valence-electron chi connectivity index (χ2n) is 6.66. The summed E-state index contributed by atoms with van der Waals surface area (Å²) in [5, 5.41) is 5.86. The van der Waals surface area contributed by atoms with Crippen LogP contribution < -0.4 is 16.4 Å². The molecule has 3 aromatic rings. The fourth-order valence-electron chi connectivity index (χ4n) is 2.85. The SMILES string of the molecule is Cc1cccc(-c2cc(NCCNC(=O)OCc3ccccc3)nc(N)n2)c1C. The molecule has 7 nitrogen and oxygen atoms in total. The van der Waals surface area contributed by atoms with Crippen LogP contribution in [0, 0.1) is 13.8 Å². The van der Waals surface area contributed by atoms with E-state index >= 15 is 0 Å². The third-order valence-electron chi connectivity index (χ3n) is 4.54. The Morgan fingerprint density at radius 3 is 2.62 bits per heavy atom. The Labute approximate surface area is 170 Å². The van der Waals surface area contributed by atoms with Gasteiger partial charge < -0.3 is 21.1 Å². The molecule has 1 heterocycles. The standard InChI is InChI=1S/C22H25N5O2/c1-15-7-6-10-18(16(15)2)19-13-20(27-21(23)26-19)24-11-12-25-22(28)29-14-17-8-4-3-5-9-17/h3-10,13H,11-12,14H2,1-2H3,(H,25,28)(H3,23,24,26,27). The predicted molar refractivity (Wildman–Crippen MR) is 114 cm³/mol. The maximum atomic E-state index is 11.8. The summed E-state index contributed by atoms with van der Waals surface area (Å²) in [6.07, 6.45) is -0.464. The number of nitrogens with one attached hydrogen (secondary N) is 2. The first-order valence-corrected chi connectivity index (χ1v) is 9.42. The van der Waals surface area contributed by atoms with Gasteiger partial charge in [0.05, 0.1) is 5.69 Å². The van der Waals surface area contributed by atoms with E-state index < -0.39 is 6.09 Å². The highest BCUT2D eigenvalue weighted by Crippen LogP contribution is 2.25. The normalized spacial score (nSPS) is 10.4. The second kappa shape index (κ2) is 9.54. The minimum atomic E-state index is -0.464. The number of aryl methyl sites for hydroxylation is 1. The molecule has 0 fully saturated rings. The number of carbonyl (C=O) groups excluding carboxylic acids is 1. The molecule has 150 valence electrons. The number of nitrogen functional groups attached to an aromatic ring is 1. The summed E-state index contributed by atoms with van der Waals surface area (Å²) in [5.41, 5.74) is 10.9. The maximum absolute atomic E-state index is 11.8. The molecule has 0 spiro atoms. The number of ether oxygens (including phenoxy) is 1. The summed E-state index contributed by atoms with van der Waals surface area (Å²) < 4.78 is 5.18. The van der Waals surface area contributed by atoms with Crippen LogP contribution in [0.1, 0.15) is 16.7 Å². The average Bonchev–Trinajstić information content (AvgIpc) is 2.72. The number of amides is 1. The lowest BCUT2D eigenvalue weighted by Crippen LogP contribution is -2.29. The van der Waals surface area contributed by atoms with Crippen LogP contribution in [0.4, 0.5) is 16.6 Å². The van der Waals surface area contributed by atoms with Crippen LogP contribution in [-0.2, 0) is 11.3 Å². The van der Waals surface area contributed by atoms with E-state index in [0.29, 0.717) is 18.9 Å². The molecule has 7 heteroatoms. The number of carbonyl (C=O) groups is 1. The molecular formula is C22H25N5O2. The van der Waals surface area contributed by atoms with Crippen LogP contribution in [0.5, 0.6) is 0 Å². The number of benzene rings is 2. The van der Waals surface area contributed by atoms with Gasteiger partial charge in [0, 0.05) is 24.7 Å². The number of anilines is 2. The second-order valence-corrected chi connectivity index (χ2v) is 6.66. The van der Waals surface area contributed by atoms with Crippen LogP contribution in [-0.4, -0.2) is 29.2 Å². The fourth-order valence-corrected chi connectivity index (χ4v) is 2.85. The van der Waals surface area contributed by atoms with Gasteiger partial charge in [0.25, 0.3) is 0 Å². The lowest BCUT2D eigenvalue weighted by molar-refractivity contribution is 0.140. The average molecular weight is 391 g/mol. The van der Waals surface area contributed by atoms with E-state index in [4.69, 9.17) is 10.5 Å². The molecule has 2 aromatic carbocycles. The van der Waals surface area contributed by atoms with Crippen molar-refractivity contribution >= 4 is 17.9 Å². The molecule has 1 amide bonds. The van der Waals surface area contributed by atoms with Crippen molar-refractivity contribution in [3.8, 4) is 11.3 Å². The minimum absolute atomic E-state index is 0.195. The minimum Gasteiger partial charge on any atom is -0.445 e. The van der Waals surface area contributed by atoms with Crippen molar-refractivity contribution in [3.05, 3.63) is 71.3 Å². The van der Waals surface area contributed by atoms with Gasteiger partial charge in [0.15, 0.2) is 0 Å². The lowest BCUT2D eigenvalue weighted by atomic mass is 10.0. The number of alkyl carbamates (subject to hydrolysis) is 1. The molecule has 0 aliphatic rings. The van der Waals surface area contributed by atoms with Crippen LogP contribution in [0.15, 0.2) is 54.6 Å². The van der Waals surface area contributed by atoms with E-state index in [1.807, 2.05) is 48.5 Å². The monoisotopic (exact) mass is 391 g/mol. The van der Waals surface area contributed by atoms with Crippen LogP contribution in [0.3, 0.4) is 0 Å². The number of rotatable bonds is 7. The van der Waals surface area contributed by atoms with Crippen LogP contribution in [0.25, 0.3) is 11.3 Å². The molecule has 0 unspecified atom stereocenters. The highest BCUT2D eigenvalue weighted by molar-refractivity contribution is 5.69. The van der Waals surface area contributed by atoms with Gasteiger partial charge in [-0.15, -0.1) is 0 Å². The molecule has 0 saturated carbocycles. The summed E-state index contributed by atoms with van der Waals surface area (Å²) in [4.78, 5) is 20.4. The third kappa shape index (κ3) is 5.68. The van der Waals surface area contributed by atoms with Crippen molar-refractivity contribution < 1.29 is 9.53 Å². The summed E-state index contributed by atoms with van der Waals surface area (Å²) in [7, 11) is 0. The number of nitrogens with zero attached hydrogens (tertiary/aromatic N) is 2. The van der Waals surface area contributed by atoms with Gasteiger partial charge >= 0.3 is 6.09 Å². The zero-order valence-corrected chi connectivity index (χ0v) is 16.6. The molecular weight excluding hydrogens is 366 g/mol. The Bertz CT molecular complexity index is 976.